The second-order valence-electron chi connectivity index (χ2n) is 6.40. The third kappa shape index (κ3) is 4.91. The molecule has 0 atom stereocenters. The number of halogens is 1. The van der Waals surface area contributed by atoms with Gasteiger partial charge < -0.3 is 9.30 Å². The molecule has 9 heteroatoms. The molecule has 1 heterocycles. The molecule has 154 valence electrons. The molecular weight excluding hydrogens is 415 g/mol. The molecule has 0 aliphatic heterocycles. The summed E-state index contributed by atoms with van der Waals surface area (Å²) in [6.45, 7) is 2.70. The number of carbonyl (C=O) groups is 1. The molecular formula is C20H21FN2O4S2. The smallest absolute Gasteiger partial charge is 0.249 e. The maximum absolute atomic E-state index is 13.0. The van der Waals surface area contributed by atoms with Crippen molar-refractivity contribution in [3.8, 4) is 5.75 Å². The number of sulfone groups is 1. The summed E-state index contributed by atoms with van der Waals surface area (Å²) in [5.41, 5.74) is 0.918. The normalized spacial score (nSPS) is 12.4. The molecule has 3 rings (SSSR count). The summed E-state index contributed by atoms with van der Waals surface area (Å²) in [7, 11) is -2.09. The van der Waals surface area contributed by atoms with Crippen molar-refractivity contribution in [2.75, 3.05) is 12.9 Å². The van der Waals surface area contributed by atoms with E-state index in [1.54, 1.807) is 7.11 Å². The van der Waals surface area contributed by atoms with E-state index in [1.165, 1.54) is 23.5 Å². The average molecular weight is 437 g/mol. The molecule has 0 aliphatic rings. The number of amides is 1. The summed E-state index contributed by atoms with van der Waals surface area (Å²) >= 11 is 1.37. The zero-order chi connectivity index (χ0) is 21.0. The number of benzene rings is 2. The number of carbonyl (C=O) groups excluding carboxylic acids is 1. The SMILES string of the molecule is CCCn1c(=NC(=O)CCS(=O)(=O)c2ccc(F)cc2)sc2ccc(OC)cc21. The number of nitrogens with zero attached hydrogens (tertiary/aromatic N) is 2. The van der Waals surface area contributed by atoms with Gasteiger partial charge in [0.05, 0.1) is 28.0 Å². The van der Waals surface area contributed by atoms with Crippen LogP contribution in [0, 0.1) is 5.82 Å². The van der Waals surface area contributed by atoms with Crippen LogP contribution in [0.3, 0.4) is 0 Å². The highest BCUT2D eigenvalue weighted by atomic mass is 32.2. The third-order valence-corrected chi connectivity index (χ3v) is 7.11. The van der Waals surface area contributed by atoms with Gasteiger partial charge in [-0.2, -0.15) is 4.99 Å². The highest BCUT2D eigenvalue weighted by Gasteiger charge is 2.17. The van der Waals surface area contributed by atoms with Crippen LogP contribution in [0.5, 0.6) is 5.75 Å². The Morgan fingerprint density at radius 3 is 2.59 bits per heavy atom. The molecule has 0 aliphatic carbocycles. The van der Waals surface area contributed by atoms with Gasteiger partial charge in [0, 0.05) is 19.0 Å². The van der Waals surface area contributed by atoms with E-state index in [1.807, 2.05) is 29.7 Å². The zero-order valence-electron chi connectivity index (χ0n) is 16.1. The predicted molar refractivity (Wildman–Crippen MR) is 110 cm³/mol. The summed E-state index contributed by atoms with van der Waals surface area (Å²) in [4.78, 5) is 17.1. The number of thiazole rings is 1. The highest BCUT2D eigenvalue weighted by Crippen LogP contribution is 2.23. The number of aromatic nitrogens is 1. The zero-order valence-corrected chi connectivity index (χ0v) is 17.7. The number of methoxy groups -OCH3 is 1. The summed E-state index contributed by atoms with van der Waals surface area (Å²) < 4.78 is 45.9. The molecule has 0 fully saturated rings. The number of rotatable bonds is 7. The summed E-state index contributed by atoms with van der Waals surface area (Å²) in [6.07, 6.45) is 0.604. The van der Waals surface area contributed by atoms with Gasteiger partial charge in [-0.1, -0.05) is 18.3 Å². The van der Waals surface area contributed by atoms with Crippen molar-refractivity contribution < 1.29 is 22.3 Å². The Morgan fingerprint density at radius 1 is 1.21 bits per heavy atom. The van der Waals surface area contributed by atoms with E-state index in [0.29, 0.717) is 17.1 Å². The predicted octanol–water partition coefficient (Wildman–Crippen LogP) is 3.55. The van der Waals surface area contributed by atoms with E-state index in [2.05, 4.69) is 4.99 Å². The lowest BCUT2D eigenvalue weighted by Gasteiger charge is -2.05. The first-order chi connectivity index (χ1) is 13.8. The third-order valence-electron chi connectivity index (χ3n) is 4.31. The van der Waals surface area contributed by atoms with Gasteiger partial charge in [-0.25, -0.2) is 12.8 Å². The number of fused-ring (bicyclic) bond motifs is 1. The molecule has 1 amide bonds. The van der Waals surface area contributed by atoms with E-state index in [4.69, 9.17) is 4.74 Å². The molecule has 1 aromatic heterocycles. The monoisotopic (exact) mass is 436 g/mol. The fraction of sp³-hybridized carbons (Fsp3) is 0.300. The number of ether oxygens (including phenoxy) is 1. The standard InChI is InChI=1S/C20H21FN2O4S2/c1-3-11-23-17-13-15(27-2)6-9-18(17)28-20(23)22-19(24)10-12-29(25,26)16-7-4-14(21)5-8-16/h4-9,13H,3,10-12H2,1-2H3. The molecule has 29 heavy (non-hydrogen) atoms. The van der Waals surface area contributed by atoms with Gasteiger partial charge in [0.1, 0.15) is 11.6 Å². The van der Waals surface area contributed by atoms with Crippen LogP contribution in [-0.2, 0) is 21.2 Å². The van der Waals surface area contributed by atoms with Crippen LogP contribution >= 0.6 is 11.3 Å². The summed E-state index contributed by atoms with van der Waals surface area (Å²) in [5, 5.41) is 0. The maximum Gasteiger partial charge on any atom is 0.249 e. The average Bonchev–Trinajstić information content (AvgIpc) is 3.03. The Morgan fingerprint density at radius 2 is 1.93 bits per heavy atom. The van der Waals surface area contributed by atoms with Gasteiger partial charge in [-0.15, -0.1) is 0 Å². The fourth-order valence-electron chi connectivity index (χ4n) is 2.84. The van der Waals surface area contributed by atoms with E-state index in [-0.39, 0.29) is 17.1 Å². The van der Waals surface area contributed by atoms with Crippen LogP contribution in [0.4, 0.5) is 4.39 Å². The number of aryl methyl sites for hydroxylation is 1. The minimum atomic E-state index is -3.69. The molecule has 0 bridgehead atoms. The summed E-state index contributed by atoms with van der Waals surface area (Å²) in [5.74, 6) is -0.702. The Labute approximate surface area is 172 Å². The molecule has 0 unspecified atom stereocenters. The fourth-order valence-corrected chi connectivity index (χ4v) is 5.13. The Balaban J connectivity index is 1.85. The van der Waals surface area contributed by atoms with Crippen molar-refractivity contribution in [2.45, 2.75) is 31.2 Å². The molecule has 0 N–H and O–H groups in total. The minimum absolute atomic E-state index is 0.0123. The van der Waals surface area contributed by atoms with E-state index in [0.717, 1.165) is 28.8 Å². The molecule has 0 saturated heterocycles. The largest absolute Gasteiger partial charge is 0.497 e. The molecule has 0 saturated carbocycles. The van der Waals surface area contributed by atoms with Gasteiger partial charge in [0.25, 0.3) is 0 Å². The van der Waals surface area contributed by atoms with Crippen molar-refractivity contribution in [1.82, 2.24) is 4.57 Å². The van der Waals surface area contributed by atoms with Crippen LogP contribution in [0.15, 0.2) is 52.4 Å². The van der Waals surface area contributed by atoms with Crippen LogP contribution < -0.4 is 9.54 Å². The molecule has 6 nitrogen and oxygen atoms in total. The quantitative estimate of drug-likeness (QED) is 0.531. The van der Waals surface area contributed by atoms with Crippen molar-refractivity contribution in [1.29, 1.82) is 0 Å². The van der Waals surface area contributed by atoms with Gasteiger partial charge >= 0.3 is 0 Å². The van der Waals surface area contributed by atoms with Crippen LogP contribution in [-0.4, -0.2) is 31.8 Å². The molecule has 0 radical (unpaired) electrons. The lowest BCUT2D eigenvalue weighted by atomic mass is 10.3. The number of hydrogen-bond acceptors (Lipinski definition) is 5. The van der Waals surface area contributed by atoms with Gasteiger partial charge in [-0.3, -0.25) is 4.79 Å². The van der Waals surface area contributed by atoms with Crippen molar-refractivity contribution in [3.05, 3.63) is 53.1 Å². The first kappa shape index (κ1) is 21.2. The lowest BCUT2D eigenvalue weighted by Crippen LogP contribution is -2.18. The van der Waals surface area contributed by atoms with Crippen LogP contribution in [0.2, 0.25) is 0 Å². The number of hydrogen-bond donors (Lipinski definition) is 0. The van der Waals surface area contributed by atoms with Crippen molar-refractivity contribution in [2.24, 2.45) is 4.99 Å². The first-order valence-corrected chi connectivity index (χ1v) is 11.5. The maximum atomic E-state index is 13.0. The second kappa shape index (κ2) is 8.87. The topological polar surface area (TPSA) is 77.7 Å². The highest BCUT2D eigenvalue weighted by molar-refractivity contribution is 7.91. The molecule has 3 aromatic rings. The van der Waals surface area contributed by atoms with Gasteiger partial charge in [0.2, 0.25) is 5.91 Å². The second-order valence-corrected chi connectivity index (χ2v) is 9.52. The molecule has 0 spiro atoms. The van der Waals surface area contributed by atoms with Crippen molar-refractivity contribution in [3.63, 3.8) is 0 Å². The van der Waals surface area contributed by atoms with Crippen LogP contribution in [0.25, 0.3) is 10.2 Å². The Hall–Kier alpha value is -2.52. The summed E-state index contributed by atoms with van der Waals surface area (Å²) in [6, 6.07) is 10.2. The Bertz CT molecular complexity index is 1200. The lowest BCUT2D eigenvalue weighted by molar-refractivity contribution is -0.117. The van der Waals surface area contributed by atoms with E-state index < -0.39 is 21.6 Å². The van der Waals surface area contributed by atoms with Crippen molar-refractivity contribution >= 4 is 37.3 Å². The molecule has 2 aromatic carbocycles. The Kier molecular flexibility index (Phi) is 6.49. The van der Waals surface area contributed by atoms with Gasteiger partial charge in [0.15, 0.2) is 14.6 Å². The minimum Gasteiger partial charge on any atom is -0.497 e. The van der Waals surface area contributed by atoms with Gasteiger partial charge in [-0.05, 0) is 42.8 Å². The first-order valence-electron chi connectivity index (χ1n) is 9.07. The van der Waals surface area contributed by atoms with E-state index in [9.17, 15) is 17.6 Å². The van der Waals surface area contributed by atoms with E-state index >= 15 is 0 Å². The van der Waals surface area contributed by atoms with Crippen LogP contribution in [0.1, 0.15) is 19.8 Å².